The monoisotopic (exact) mass is 347 g/mol. The predicted octanol–water partition coefficient (Wildman–Crippen LogP) is 4.03. The van der Waals surface area contributed by atoms with E-state index in [1.54, 1.807) is 24.3 Å². The zero-order valence-corrected chi connectivity index (χ0v) is 14.5. The third-order valence-corrected chi connectivity index (χ3v) is 5.36. The fraction of sp³-hybridized carbons (Fsp3) is 0.235. The number of thiophene rings is 2. The summed E-state index contributed by atoms with van der Waals surface area (Å²) in [4.78, 5) is 14.0. The number of nitrogens with one attached hydrogen (secondary N) is 1. The van der Waals surface area contributed by atoms with Crippen molar-refractivity contribution in [3.8, 4) is 0 Å². The molecule has 0 saturated carbocycles. The molecule has 2 N–H and O–H groups in total. The maximum absolute atomic E-state index is 12.2. The van der Waals surface area contributed by atoms with Crippen LogP contribution in [0.2, 0.25) is 0 Å². The highest BCUT2D eigenvalue weighted by atomic mass is 32.1. The topological polar surface area (TPSA) is 62.5 Å². The molecule has 1 atom stereocenters. The lowest BCUT2D eigenvalue weighted by molar-refractivity contribution is 0.0950. The van der Waals surface area contributed by atoms with Crippen molar-refractivity contribution in [3.63, 3.8) is 0 Å². The molecule has 0 aliphatic rings. The van der Waals surface area contributed by atoms with Crippen LogP contribution in [0, 0.1) is 13.8 Å². The van der Waals surface area contributed by atoms with Crippen molar-refractivity contribution in [2.24, 2.45) is 0 Å². The Kier molecular flexibility index (Phi) is 4.66. The van der Waals surface area contributed by atoms with Crippen LogP contribution in [-0.4, -0.2) is 11.0 Å². The molecule has 3 aromatic heterocycles. The molecular weight excluding hydrogens is 330 g/mol. The molecular formula is C17H17NO3S2. The summed E-state index contributed by atoms with van der Waals surface area (Å²) in [5.74, 6) is 1.21. The molecule has 1 amide bonds. The molecule has 0 spiro atoms. The summed E-state index contributed by atoms with van der Waals surface area (Å²) in [5.41, 5.74) is 1.47. The van der Waals surface area contributed by atoms with Crippen LogP contribution in [0.15, 0.2) is 39.4 Å². The van der Waals surface area contributed by atoms with Crippen molar-refractivity contribution < 1.29 is 14.3 Å². The van der Waals surface area contributed by atoms with E-state index in [4.69, 9.17) is 4.42 Å². The number of aliphatic hydroxyl groups excluding tert-OH is 1. The molecule has 3 heterocycles. The molecule has 0 radical (unpaired) electrons. The van der Waals surface area contributed by atoms with Gasteiger partial charge in [0.1, 0.15) is 17.6 Å². The van der Waals surface area contributed by atoms with Gasteiger partial charge in [-0.05, 0) is 54.4 Å². The van der Waals surface area contributed by atoms with Gasteiger partial charge in [-0.25, -0.2) is 0 Å². The Morgan fingerprint density at radius 2 is 2.17 bits per heavy atom. The van der Waals surface area contributed by atoms with E-state index in [2.05, 4.69) is 5.32 Å². The van der Waals surface area contributed by atoms with Crippen LogP contribution in [0.4, 0.5) is 0 Å². The summed E-state index contributed by atoms with van der Waals surface area (Å²) >= 11 is 3.07. The lowest BCUT2D eigenvalue weighted by atomic mass is 10.2. The number of carbonyl (C=O) groups excluding carboxylic acids is 1. The molecule has 0 bridgehead atoms. The molecule has 3 rings (SSSR count). The number of aryl methyl sites for hydroxylation is 2. The van der Waals surface area contributed by atoms with Gasteiger partial charge in [0.25, 0.3) is 5.91 Å². The number of aliphatic hydroxyl groups is 1. The SMILES string of the molecule is Cc1cc(C(=O)NCc2ccc([C@H](O)c3ccsc3)s2)c(C)o1. The smallest absolute Gasteiger partial charge is 0.255 e. The van der Waals surface area contributed by atoms with E-state index in [-0.39, 0.29) is 5.91 Å². The molecule has 6 heteroatoms. The molecule has 3 aromatic rings. The second-order valence-electron chi connectivity index (χ2n) is 5.27. The van der Waals surface area contributed by atoms with Crippen LogP contribution < -0.4 is 5.32 Å². The van der Waals surface area contributed by atoms with Gasteiger partial charge in [-0.1, -0.05) is 0 Å². The molecule has 0 saturated heterocycles. The highest BCUT2D eigenvalue weighted by Crippen LogP contribution is 2.29. The number of furan rings is 1. The minimum absolute atomic E-state index is 0.146. The average molecular weight is 347 g/mol. The maximum Gasteiger partial charge on any atom is 0.255 e. The minimum atomic E-state index is -0.602. The summed E-state index contributed by atoms with van der Waals surface area (Å²) in [6, 6.07) is 7.50. The van der Waals surface area contributed by atoms with Crippen LogP contribution >= 0.6 is 22.7 Å². The van der Waals surface area contributed by atoms with Crippen molar-refractivity contribution >= 4 is 28.6 Å². The number of hydrogen-bond donors (Lipinski definition) is 2. The molecule has 0 fully saturated rings. The molecule has 23 heavy (non-hydrogen) atoms. The average Bonchev–Trinajstić information content (AvgIpc) is 3.25. The van der Waals surface area contributed by atoms with Gasteiger partial charge >= 0.3 is 0 Å². The van der Waals surface area contributed by atoms with E-state index < -0.39 is 6.10 Å². The second kappa shape index (κ2) is 6.70. The van der Waals surface area contributed by atoms with Gasteiger partial charge in [0.15, 0.2) is 0 Å². The lowest BCUT2D eigenvalue weighted by Gasteiger charge is -2.05. The van der Waals surface area contributed by atoms with Gasteiger partial charge in [-0.2, -0.15) is 11.3 Å². The highest BCUT2D eigenvalue weighted by Gasteiger charge is 2.15. The zero-order valence-electron chi connectivity index (χ0n) is 12.8. The van der Waals surface area contributed by atoms with E-state index >= 15 is 0 Å². The first kappa shape index (κ1) is 16.0. The summed E-state index contributed by atoms with van der Waals surface area (Å²) in [7, 11) is 0. The summed E-state index contributed by atoms with van der Waals surface area (Å²) < 4.78 is 5.37. The predicted molar refractivity (Wildman–Crippen MR) is 92.1 cm³/mol. The Morgan fingerprint density at radius 1 is 1.35 bits per heavy atom. The largest absolute Gasteiger partial charge is 0.466 e. The van der Waals surface area contributed by atoms with Crippen molar-refractivity contribution in [2.75, 3.05) is 0 Å². The standard InChI is InChI=1S/C17H17NO3S2/c1-10-7-14(11(2)21-10)17(20)18-8-13-3-4-15(23-13)16(19)12-5-6-22-9-12/h3-7,9,16,19H,8H2,1-2H3,(H,18,20)/t16-/m1/s1. The Bertz CT molecular complexity index is 802. The van der Waals surface area contributed by atoms with Crippen LogP contribution in [0.5, 0.6) is 0 Å². The first-order chi connectivity index (χ1) is 11.0. The van der Waals surface area contributed by atoms with Crippen molar-refractivity contribution in [2.45, 2.75) is 26.5 Å². The van der Waals surface area contributed by atoms with Crippen LogP contribution in [0.25, 0.3) is 0 Å². The van der Waals surface area contributed by atoms with E-state index in [1.165, 1.54) is 11.3 Å². The Labute approximate surface area is 142 Å². The summed E-state index contributed by atoms with van der Waals surface area (Å²) in [5, 5.41) is 17.1. The highest BCUT2D eigenvalue weighted by molar-refractivity contribution is 7.12. The second-order valence-corrected chi connectivity index (χ2v) is 7.25. The normalized spacial score (nSPS) is 12.3. The Hall–Kier alpha value is -1.89. The van der Waals surface area contributed by atoms with Gasteiger partial charge in [-0.3, -0.25) is 4.79 Å². The third kappa shape index (κ3) is 3.55. The van der Waals surface area contributed by atoms with Gasteiger partial charge in [-0.15, -0.1) is 11.3 Å². The maximum atomic E-state index is 12.2. The van der Waals surface area contributed by atoms with Crippen molar-refractivity contribution in [1.29, 1.82) is 0 Å². The van der Waals surface area contributed by atoms with Crippen LogP contribution in [0.1, 0.15) is 43.3 Å². The number of carbonyl (C=O) groups is 1. The molecule has 4 nitrogen and oxygen atoms in total. The van der Waals surface area contributed by atoms with Crippen LogP contribution in [-0.2, 0) is 6.54 Å². The van der Waals surface area contributed by atoms with Crippen molar-refractivity contribution in [3.05, 3.63) is 67.4 Å². The quantitative estimate of drug-likeness (QED) is 0.732. The van der Waals surface area contributed by atoms with Gasteiger partial charge < -0.3 is 14.8 Å². The van der Waals surface area contributed by atoms with E-state index in [0.29, 0.717) is 17.9 Å². The fourth-order valence-electron chi connectivity index (χ4n) is 2.35. The Balaban J connectivity index is 1.63. The van der Waals surface area contributed by atoms with Crippen molar-refractivity contribution in [1.82, 2.24) is 5.32 Å². The number of amides is 1. The summed E-state index contributed by atoms with van der Waals surface area (Å²) in [6.07, 6.45) is -0.602. The first-order valence-corrected chi connectivity index (χ1v) is 8.94. The van der Waals surface area contributed by atoms with E-state index in [9.17, 15) is 9.90 Å². The summed E-state index contributed by atoms with van der Waals surface area (Å²) in [6.45, 7) is 4.03. The van der Waals surface area contributed by atoms with Gasteiger partial charge in [0.2, 0.25) is 0 Å². The number of hydrogen-bond acceptors (Lipinski definition) is 5. The third-order valence-electron chi connectivity index (χ3n) is 3.52. The minimum Gasteiger partial charge on any atom is -0.466 e. The zero-order chi connectivity index (χ0) is 16.4. The van der Waals surface area contributed by atoms with E-state index in [1.807, 2.05) is 35.9 Å². The molecule has 0 aliphatic heterocycles. The molecule has 120 valence electrons. The lowest BCUT2D eigenvalue weighted by Crippen LogP contribution is -2.22. The number of rotatable bonds is 5. The Morgan fingerprint density at radius 3 is 2.83 bits per heavy atom. The van der Waals surface area contributed by atoms with Gasteiger partial charge in [0, 0.05) is 9.75 Å². The van der Waals surface area contributed by atoms with E-state index in [0.717, 1.165) is 21.1 Å². The van der Waals surface area contributed by atoms with Gasteiger partial charge in [0.05, 0.1) is 12.1 Å². The molecule has 0 unspecified atom stereocenters. The van der Waals surface area contributed by atoms with Crippen LogP contribution in [0.3, 0.4) is 0 Å². The fourth-order valence-corrected chi connectivity index (χ4v) is 4.00. The first-order valence-electron chi connectivity index (χ1n) is 7.18. The molecule has 0 aliphatic carbocycles. The molecule has 0 aromatic carbocycles.